The van der Waals surface area contributed by atoms with Gasteiger partial charge in [-0.25, -0.2) is 0 Å². The zero-order valence-corrected chi connectivity index (χ0v) is 10.0. The lowest BCUT2D eigenvalue weighted by molar-refractivity contribution is 0.0763. The maximum atomic E-state index is 5.99. The smallest absolute Gasteiger partial charge is 0.0732 e. The van der Waals surface area contributed by atoms with E-state index in [9.17, 15) is 0 Å². The molecule has 2 heterocycles. The van der Waals surface area contributed by atoms with E-state index in [2.05, 4.69) is 10.3 Å². The minimum Gasteiger partial charge on any atom is -0.376 e. The molecule has 0 aromatic carbocycles. The first-order chi connectivity index (χ1) is 7.86. The Hall–Kier alpha value is -0.640. The van der Waals surface area contributed by atoms with Crippen molar-refractivity contribution in [3.8, 4) is 0 Å². The Bertz CT molecular complexity index is 327. The van der Waals surface area contributed by atoms with Gasteiger partial charge in [0.15, 0.2) is 0 Å². The van der Waals surface area contributed by atoms with Gasteiger partial charge in [0.05, 0.1) is 11.6 Å². The molecule has 0 saturated carbocycles. The molecule has 1 N–H and O–H groups in total. The summed E-state index contributed by atoms with van der Waals surface area (Å²) in [6.45, 7) is 3.65. The number of hydrogen-bond acceptors (Lipinski definition) is 3. The molecule has 0 bridgehead atoms. The van der Waals surface area contributed by atoms with Gasteiger partial charge in [-0.3, -0.25) is 4.98 Å². The Balaban J connectivity index is 1.73. The number of rotatable bonds is 4. The van der Waals surface area contributed by atoms with E-state index < -0.39 is 0 Å². The third kappa shape index (κ3) is 3.44. The lowest BCUT2D eigenvalue weighted by Crippen LogP contribution is -2.29. The molecule has 0 unspecified atom stereocenters. The molecule has 0 amide bonds. The Kier molecular flexibility index (Phi) is 4.57. The number of aromatic nitrogens is 1. The molecule has 3 nitrogen and oxygen atoms in total. The van der Waals surface area contributed by atoms with Crippen LogP contribution < -0.4 is 5.32 Å². The molecular formula is C12H17ClN2O. The molecule has 1 aromatic rings. The Morgan fingerprint density at radius 3 is 3.00 bits per heavy atom. The lowest BCUT2D eigenvalue weighted by Gasteiger charge is -2.22. The normalized spacial score (nSPS) is 17.6. The number of ether oxygens (including phenoxy) is 1. The summed E-state index contributed by atoms with van der Waals surface area (Å²) in [4.78, 5) is 3.95. The number of nitrogens with zero attached hydrogens (tertiary/aromatic N) is 1. The molecule has 0 radical (unpaired) electrons. The van der Waals surface area contributed by atoms with Crippen LogP contribution >= 0.6 is 11.6 Å². The maximum Gasteiger partial charge on any atom is 0.0732 e. The fourth-order valence-corrected chi connectivity index (χ4v) is 2.08. The van der Waals surface area contributed by atoms with Gasteiger partial charge in [-0.15, -0.1) is 0 Å². The maximum absolute atomic E-state index is 5.99. The zero-order valence-electron chi connectivity index (χ0n) is 9.29. The molecule has 1 aliphatic rings. The van der Waals surface area contributed by atoms with Crippen molar-refractivity contribution in [1.29, 1.82) is 0 Å². The Morgan fingerprint density at radius 1 is 1.44 bits per heavy atom. The summed E-state index contributed by atoms with van der Waals surface area (Å²) in [6.07, 6.45) is 5.83. The Labute approximate surface area is 101 Å². The molecule has 1 aliphatic heterocycles. The molecule has 4 heteroatoms. The average molecular weight is 241 g/mol. The number of nitrogens with one attached hydrogen (secondary N) is 1. The molecule has 16 heavy (non-hydrogen) atoms. The second-order valence-electron chi connectivity index (χ2n) is 4.18. The lowest BCUT2D eigenvalue weighted by atomic mass is 9.99. The molecule has 1 fully saturated rings. The van der Waals surface area contributed by atoms with Gasteiger partial charge in [-0.2, -0.15) is 0 Å². The van der Waals surface area contributed by atoms with Gasteiger partial charge in [0.2, 0.25) is 0 Å². The fourth-order valence-electron chi connectivity index (χ4n) is 1.90. The van der Waals surface area contributed by atoms with E-state index in [4.69, 9.17) is 16.3 Å². The minimum absolute atomic E-state index is 0.589. The summed E-state index contributed by atoms with van der Waals surface area (Å²) < 4.78 is 5.70. The van der Waals surface area contributed by atoms with E-state index in [0.29, 0.717) is 17.5 Å². The predicted octanol–water partition coefficient (Wildman–Crippen LogP) is 2.25. The minimum atomic E-state index is 0.589. The van der Waals surface area contributed by atoms with Crippen LogP contribution in [-0.4, -0.2) is 24.7 Å². The van der Waals surface area contributed by atoms with Crippen molar-refractivity contribution in [1.82, 2.24) is 10.3 Å². The first kappa shape index (κ1) is 11.8. The fraction of sp³-hybridized carbons (Fsp3) is 0.583. The molecule has 0 aliphatic carbocycles. The predicted molar refractivity (Wildman–Crippen MR) is 64.5 cm³/mol. The molecule has 0 atom stereocenters. The van der Waals surface area contributed by atoms with Crippen LogP contribution in [-0.2, 0) is 11.3 Å². The van der Waals surface area contributed by atoms with Gasteiger partial charge in [-0.05, 0) is 43.5 Å². The molecule has 1 saturated heterocycles. The first-order valence-electron chi connectivity index (χ1n) is 5.73. The summed E-state index contributed by atoms with van der Waals surface area (Å²) >= 11 is 5.99. The number of halogens is 1. The van der Waals surface area contributed by atoms with Crippen LogP contribution in [0.1, 0.15) is 18.4 Å². The molecular weight excluding hydrogens is 224 g/mol. The summed E-state index contributed by atoms with van der Waals surface area (Å²) in [7, 11) is 0. The highest BCUT2D eigenvalue weighted by molar-refractivity contribution is 6.31. The second kappa shape index (κ2) is 6.18. The standard InChI is InChI=1S/C12H17ClN2O/c13-12-7-15-6-3-11(12)9-16-8-10-1-4-14-5-2-10/h3,6-7,10,14H,1-2,4-5,8-9H2. The van der Waals surface area contributed by atoms with Crippen molar-refractivity contribution >= 4 is 11.6 Å². The quantitative estimate of drug-likeness (QED) is 0.877. The average Bonchev–Trinajstić information content (AvgIpc) is 2.33. The second-order valence-corrected chi connectivity index (χ2v) is 4.58. The van der Waals surface area contributed by atoms with Crippen molar-refractivity contribution in [3.63, 3.8) is 0 Å². The van der Waals surface area contributed by atoms with Crippen molar-refractivity contribution in [2.45, 2.75) is 19.4 Å². The van der Waals surface area contributed by atoms with Gasteiger partial charge in [-0.1, -0.05) is 11.6 Å². The van der Waals surface area contributed by atoms with Crippen molar-refractivity contribution in [2.75, 3.05) is 19.7 Å². The van der Waals surface area contributed by atoms with Gasteiger partial charge < -0.3 is 10.1 Å². The SMILES string of the molecule is Clc1cnccc1COCC1CCNCC1. The molecule has 0 spiro atoms. The monoisotopic (exact) mass is 240 g/mol. The van der Waals surface area contributed by atoms with Crippen LogP contribution in [0.2, 0.25) is 5.02 Å². The van der Waals surface area contributed by atoms with Gasteiger partial charge >= 0.3 is 0 Å². The van der Waals surface area contributed by atoms with Gasteiger partial charge in [0, 0.05) is 19.0 Å². The highest BCUT2D eigenvalue weighted by Crippen LogP contribution is 2.16. The molecule has 2 rings (SSSR count). The topological polar surface area (TPSA) is 34.1 Å². The van der Waals surface area contributed by atoms with E-state index in [1.807, 2.05) is 6.07 Å². The summed E-state index contributed by atoms with van der Waals surface area (Å²) in [6, 6.07) is 1.91. The number of piperidine rings is 1. The third-order valence-corrected chi connectivity index (χ3v) is 3.27. The largest absolute Gasteiger partial charge is 0.376 e. The van der Waals surface area contributed by atoms with E-state index in [1.165, 1.54) is 12.8 Å². The summed E-state index contributed by atoms with van der Waals surface area (Å²) in [5.74, 6) is 0.696. The molecule has 1 aromatic heterocycles. The first-order valence-corrected chi connectivity index (χ1v) is 6.11. The van der Waals surface area contributed by atoms with Crippen LogP contribution in [0.3, 0.4) is 0 Å². The van der Waals surface area contributed by atoms with Crippen LogP contribution in [0, 0.1) is 5.92 Å². The molecule has 88 valence electrons. The zero-order chi connectivity index (χ0) is 11.2. The van der Waals surface area contributed by atoms with E-state index in [0.717, 1.165) is 25.3 Å². The summed E-state index contributed by atoms with van der Waals surface area (Å²) in [5, 5.41) is 4.03. The van der Waals surface area contributed by atoms with Crippen LogP contribution in [0.15, 0.2) is 18.5 Å². The number of hydrogen-bond donors (Lipinski definition) is 1. The van der Waals surface area contributed by atoms with Gasteiger partial charge in [0.1, 0.15) is 0 Å². The summed E-state index contributed by atoms with van der Waals surface area (Å²) in [5.41, 5.74) is 1.02. The van der Waals surface area contributed by atoms with E-state index in [1.54, 1.807) is 12.4 Å². The van der Waals surface area contributed by atoms with Crippen LogP contribution in [0.25, 0.3) is 0 Å². The van der Waals surface area contributed by atoms with Crippen molar-refractivity contribution < 1.29 is 4.74 Å². The van der Waals surface area contributed by atoms with Crippen molar-refractivity contribution in [3.05, 3.63) is 29.0 Å². The van der Waals surface area contributed by atoms with E-state index in [-0.39, 0.29) is 0 Å². The van der Waals surface area contributed by atoms with Crippen LogP contribution in [0.4, 0.5) is 0 Å². The highest BCUT2D eigenvalue weighted by atomic mass is 35.5. The van der Waals surface area contributed by atoms with Crippen molar-refractivity contribution in [2.24, 2.45) is 5.92 Å². The Morgan fingerprint density at radius 2 is 2.25 bits per heavy atom. The van der Waals surface area contributed by atoms with E-state index >= 15 is 0 Å². The third-order valence-electron chi connectivity index (χ3n) is 2.93. The van der Waals surface area contributed by atoms with Crippen LogP contribution in [0.5, 0.6) is 0 Å². The number of pyridine rings is 1. The van der Waals surface area contributed by atoms with Gasteiger partial charge in [0.25, 0.3) is 0 Å². The highest BCUT2D eigenvalue weighted by Gasteiger charge is 2.12.